The number of phenols is 1. The topological polar surface area (TPSA) is 72.3 Å². The van der Waals surface area contributed by atoms with Crippen molar-refractivity contribution in [1.29, 1.82) is 0 Å². The molecular formula is C16H28N2O. The molecule has 0 radical (unpaired) electrons. The summed E-state index contributed by atoms with van der Waals surface area (Å²) in [6.07, 6.45) is 3.15. The molecule has 0 unspecified atom stereocenters. The molecule has 5 N–H and O–H groups in total. The van der Waals surface area contributed by atoms with Crippen LogP contribution in [0, 0.1) is 0 Å². The van der Waals surface area contributed by atoms with E-state index in [0.717, 1.165) is 36.8 Å². The lowest BCUT2D eigenvalue weighted by atomic mass is 9.79. The highest BCUT2D eigenvalue weighted by molar-refractivity contribution is 5.47. The summed E-state index contributed by atoms with van der Waals surface area (Å²) in [5.41, 5.74) is 13.5. The van der Waals surface area contributed by atoms with Crippen LogP contribution >= 0.6 is 0 Å². The van der Waals surface area contributed by atoms with Gasteiger partial charge in [-0.2, -0.15) is 0 Å². The van der Waals surface area contributed by atoms with Gasteiger partial charge in [0.05, 0.1) is 0 Å². The molecule has 0 fully saturated rings. The molecule has 0 atom stereocenters. The van der Waals surface area contributed by atoms with Gasteiger partial charge in [0, 0.05) is 22.2 Å². The molecule has 0 saturated carbocycles. The van der Waals surface area contributed by atoms with Gasteiger partial charge in [0.2, 0.25) is 0 Å². The number of aromatic hydroxyl groups is 1. The van der Waals surface area contributed by atoms with Gasteiger partial charge in [-0.15, -0.1) is 0 Å². The molecular weight excluding hydrogens is 236 g/mol. The van der Waals surface area contributed by atoms with Gasteiger partial charge in [0.1, 0.15) is 5.75 Å². The first-order valence-electron chi connectivity index (χ1n) is 7.29. The summed E-state index contributed by atoms with van der Waals surface area (Å²) < 4.78 is 0. The molecule has 0 spiro atoms. The minimum atomic E-state index is -0.484. The number of phenolic OH excluding ortho intramolecular Hbond substituents is 1. The smallest absolute Gasteiger partial charge is 0.125 e. The van der Waals surface area contributed by atoms with E-state index < -0.39 is 11.1 Å². The zero-order chi connectivity index (χ0) is 14.7. The maximum absolute atomic E-state index is 10.6. The number of benzene rings is 1. The standard InChI is InChI=1S/C16H28N2O/c1-5-15(17,6-2)12-10-9-11-13(14(12)19)16(18,7-3)8-4/h9-11,19H,5-8,17-18H2,1-4H3. The average molecular weight is 264 g/mol. The fourth-order valence-corrected chi connectivity index (χ4v) is 2.61. The van der Waals surface area contributed by atoms with Crippen molar-refractivity contribution >= 4 is 0 Å². The van der Waals surface area contributed by atoms with Gasteiger partial charge in [-0.25, -0.2) is 0 Å². The van der Waals surface area contributed by atoms with Crippen LogP contribution in [-0.2, 0) is 11.1 Å². The normalized spacial score (nSPS) is 12.7. The minimum Gasteiger partial charge on any atom is -0.507 e. The van der Waals surface area contributed by atoms with Crippen molar-refractivity contribution in [3.8, 4) is 5.75 Å². The molecule has 0 heterocycles. The van der Waals surface area contributed by atoms with E-state index in [-0.39, 0.29) is 5.75 Å². The zero-order valence-corrected chi connectivity index (χ0v) is 12.7. The van der Waals surface area contributed by atoms with Crippen LogP contribution in [0.3, 0.4) is 0 Å². The highest BCUT2D eigenvalue weighted by atomic mass is 16.3. The van der Waals surface area contributed by atoms with Crippen LogP contribution in [0.1, 0.15) is 64.5 Å². The summed E-state index contributed by atoms with van der Waals surface area (Å²) >= 11 is 0. The van der Waals surface area contributed by atoms with Crippen LogP contribution in [0.15, 0.2) is 18.2 Å². The predicted octanol–water partition coefficient (Wildman–Crippen LogP) is 3.34. The summed E-state index contributed by atoms with van der Waals surface area (Å²) in [6, 6.07) is 5.78. The van der Waals surface area contributed by atoms with Crippen molar-refractivity contribution in [1.82, 2.24) is 0 Å². The molecule has 0 aliphatic carbocycles. The highest BCUT2D eigenvalue weighted by Crippen LogP contribution is 2.40. The summed E-state index contributed by atoms with van der Waals surface area (Å²) in [5, 5.41) is 10.6. The van der Waals surface area contributed by atoms with Crippen LogP contribution in [0.5, 0.6) is 5.75 Å². The van der Waals surface area contributed by atoms with E-state index in [1.807, 2.05) is 45.9 Å². The maximum Gasteiger partial charge on any atom is 0.125 e. The van der Waals surface area contributed by atoms with Gasteiger partial charge in [-0.3, -0.25) is 0 Å². The number of hydrogen-bond acceptors (Lipinski definition) is 3. The summed E-state index contributed by atoms with van der Waals surface area (Å²) in [4.78, 5) is 0. The highest BCUT2D eigenvalue weighted by Gasteiger charge is 2.32. The Bertz CT molecular complexity index is 385. The first-order valence-corrected chi connectivity index (χ1v) is 7.29. The molecule has 19 heavy (non-hydrogen) atoms. The predicted molar refractivity (Wildman–Crippen MR) is 81.0 cm³/mol. The van der Waals surface area contributed by atoms with Crippen molar-refractivity contribution in [2.45, 2.75) is 64.5 Å². The van der Waals surface area contributed by atoms with Crippen LogP contribution in [-0.4, -0.2) is 5.11 Å². The van der Waals surface area contributed by atoms with Crippen molar-refractivity contribution in [2.75, 3.05) is 0 Å². The Balaban J connectivity index is 3.42. The monoisotopic (exact) mass is 264 g/mol. The SMILES string of the molecule is CCC(N)(CC)c1cccc(C(N)(CC)CC)c1O. The van der Waals surface area contributed by atoms with Gasteiger partial charge in [0.25, 0.3) is 0 Å². The van der Waals surface area contributed by atoms with Crippen LogP contribution in [0.4, 0.5) is 0 Å². The van der Waals surface area contributed by atoms with E-state index >= 15 is 0 Å². The Hall–Kier alpha value is -1.06. The Kier molecular flexibility index (Phi) is 4.99. The molecule has 108 valence electrons. The van der Waals surface area contributed by atoms with E-state index in [4.69, 9.17) is 11.5 Å². The lowest BCUT2D eigenvalue weighted by Gasteiger charge is -2.33. The van der Waals surface area contributed by atoms with Crippen LogP contribution < -0.4 is 11.5 Å². The Labute approximate surface area is 117 Å². The van der Waals surface area contributed by atoms with Crippen molar-refractivity contribution in [3.63, 3.8) is 0 Å². The Morgan fingerprint density at radius 2 is 1.16 bits per heavy atom. The van der Waals surface area contributed by atoms with E-state index in [1.54, 1.807) is 0 Å². The first kappa shape index (κ1) is 16.0. The second-order valence-corrected chi connectivity index (χ2v) is 5.43. The Morgan fingerprint density at radius 1 is 0.842 bits per heavy atom. The minimum absolute atomic E-state index is 0.278. The molecule has 0 saturated heterocycles. The van der Waals surface area contributed by atoms with Gasteiger partial charge < -0.3 is 16.6 Å². The third kappa shape index (κ3) is 2.77. The lowest BCUT2D eigenvalue weighted by Crippen LogP contribution is -2.38. The lowest BCUT2D eigenvalue weighted by molar-refractivity contribution is 0.352. The van der Waals surface area contributed by atoms with Crippen molar-refractivity contribution < 1.29 is 5.11 Å². The number of hydrogen-bond donors (Lipinski definition) is 3. The van der Waals surface area contributed by atoms with Gasteiger partial charge in [-0.1, -0.05) is 45.9 Å². The quantitative estimate of drug-likeness (QED) is 0.738. The summed E-state index contributed by atoms with van der Waals surface area (Å²) in [6.45, 7) is 8.19. The molecule has 3 nitrogen and oxygen atoms in total. The molecule has 0 bridgehead atoms. The van der Waals surface area contributed by atoms with E-state index in [9.17, 15) is 5.11 Å². The van der Waals surface area contributed by atoms with Crippen LogP contribution in [0.2, 0.25) is 0 Å². The van der Waals surface area contributed by atoms with E-state index in [1.165, 1.54) is 0 Å². The van der Waals surface area contributed by atoms with Gasteiger partial charge in [0.15, 0.2) is 0 Å². The summed E-state index contributed by atoms with van der Waals surface area (Å²) in [5.74, 6) is 0.278. The first-order chi connectivity index (χ1) is 8.88. The molecule has 1 aromatic carbocycles. The maximum atomic E-state index is 10.6. The molecule has 0 aliphatic rings. The fraction of sp³-hybridized carbons (Fsp3) is 0.625. The molecule has 0 aromatic heterocycles. The number of rotatable bonds is 6. The van der Waals surface area contributed by atoms with E-state index in [0.29, 0.717) is 0 Å². The number of para-hydroxylation sites is 1. The van der Waals surface area contributed by atoms with Crippen molar-refractivity contribution in [3.05, 3.63) is 29.3 Å². The third-order valence-electron chi connectivity index (χ3n) is 4.63. The molecule has 0 amide bonds. The van der Waals surface area contributed by atoms with E-state index in [2.05, 4.69) is 0 Å². The number of nitrogens with two attached hydrogens (primary N) is 2. The van der Waals surface area contributed by atoms with Crippen LogP contribution in [0.25, 0.3) is 0 Å². The third-order valence-corrected chi connectivity index (χ3v) is 4.63. The molecule has 0 aliphatic heterocycles. The second-order valence-electron chi connectivity index (χ2n) is 5.43. The molecule has 1 rings (SSSR count). The molecule has 3 heteroatoms. The second kappa shape index (κ2) is 5.93. The van der Waals surface area contributed by atoms with Crippen molar-refractivity contribution in [2.24, 2.45) is 11.5 Å². The summed E-state index contributed by atoms with van der Waals surface area (Å²) in [7, 11) is 0. The van der Waals surface area contributed by atoms with Gasteiger partial charge in [-0.05, 0) is 25.7 Å². The Morgan fingerprint density at radius 3 is 1.42 bits per heavy atom. The molecule has 1 aromatic rings. The fourth-order valence-electron chi connectivity index (χ4n) is 2.61. The largest absolute Gasteiger partial charge is 0.507 e. The zero-order valence-electron chi connectivity index (χ0n) is 12.7. The van der Waals surface area contributed by atoms with Gasteiger partial charge >= 0.3 is 0 Å². The average Bonchev–Trinajstić information content (AvgIpc) is 2.45.